The van der Waals surface area contributed by atoms with Crippen LogP contribution in [0.2, 0.25) is 0 Å². The number of anilines is 4. The second kappa shape index (κ2) is 7.87. The molecule has 7 nitrogen and oxygen atoms in total. The van der Waals surface area contributed by atoms with E-state index in [4.69, 9.17) is 14.5 Å². The van der Waals surface area contributed by atoms with Gasteiger partial charge < -0.3 is 24.6 Å². The third-order valence-corrected chi connectivity index (χ3v) is 5.16. The topological polar surface area (TPSA) is 62.8 Å². The Morgan fingerprint density at radius 3 is 2.38 bits per heavy atom. The Balaban J connectivity index is 1.26. The Morgan fingerprint density at radius 2 is 1.55 bits per heavy atom. The summed E-state index contributed by atoms with van der Waals surface area (Å²) in [6, 6.07) is 18.3. The number of aromatic nitrogens is 2. The zero-order valence-electron chi connectivity index (χ0n) is 16.1. The van der Waals surface area contributed by atoms with Gasteiger partial charge >= 0.3 is 0 Å². The summed E-state index contributed by atoms with van der Waals surface area (Å²) in [5.74, 6) is 3.03. The number of ether oxygens (including phenoxy) is 2. The molecule has 0 aliphatic carbocycles. The summed E-state index contributed by atoms with van der Waals surface area (Å²) < 4.78 is 11.2. The first kappa shape index (κ1) is 17.6. The lowest BCUT2D eigenvalue weighted by atomic mass is 10.2. The minimum Gasteiger partial charge on any atom is -0.486 e. The standard InChI is InChI=1S/C22H23N5O2/c1-2-4-18(5-3-1)26-10-12-27(13-11-26)21-8-9-23-22(25-21)24-17-6-7-19-20(16-17)29-15-14-28-19/h1-9,16H,10-15H2,(H,23,24,25). The van der Waals surface area contributed by atoms with Crippen molar-refractivity contribution in [3.8, 4) is 11.5 Å². The number of rotatable bonds is 4. The SMILES string of the molecule is c1ccc(N2CCN(c3ccnc(Nc4ccc5c(c4)OCCO5)n3)CC2)cc1. The van der Waals surface area contributed by atoms with Gasteiger partial charge in [0.2, 0.25) is 5.95 Å². The Morgan fingerprint density at radius 1 is 0.793 bits per heavy atom. The van der Waals surface area contributed by atoms with Crippen LogP contribution in [0.25, 0.3) is 0 Å². The van der Waals surface area contributed by atoms with E-state index in [0.717, 1.165) is 49.2 Å². The summed E-state index contributed by atoms with van der Waals surface area (Å²) in [6.45, 7) is 4.95. The Labute approximate surface area is 169 Å². The van der Waals surface area contributed by atoms with E-state index in [1.165, 1.54) is 5.69 Å². The van der Waals surface area contributed by atoms with Gasteiger partial charge in [-0.15, -0.1) is 0 Å². The number of benzene rings is 2. The molecule has 0 radical (unpaired) electrons. The first-order valence-electron chi connectivity index (χ1n) is 9.90. The summed E-state index contributed by atoms with van der Waals surface area (Å²) in [7, 11) is 0. The van der Waals surface area contributed by atoms with Crippen LogP contribution in [-0.2, 0) is 0 Å². The minimum atomic E-state index is 0.567. The van der Waals surface area contributed by atoms with E-state index >= 15 is 0 Å². The van der Waals surface area contributed by atoms with E-state index in [1.54, 1.807) is 6.20 Å². The molecule has 0 atom stereocenters. The fraction of sp³-hybridized carbons (Fsp3) is 0.273. The molecule has 1 saturated heterocycles. The third kappa shape index (κ3) is 3.89. The average Bonchev–Trinajstić information content (AvgIpc) is 2.80. The monoisotopic (exact) mass is 389 g/mol. The third-order valence-electron chi connectivity index (χ3n) is 5.16. The molecule has 2 aliphatic heterocycles. The van der Waals surface area contributed by atoms with Crippen LogP contribution in [0, 0.1) is 0 Å². The van der Waals surface area contributed by atoms with Crippen molar-refractivity contribution in [2.24, 2.45) is 0 Å². The van der Waals surface area contributed by atoms with Crippen molar-refractivity contribution in [3.05, 3.63) is 60.8 Å². The highest BCUT2D eigenvalue weighted by Crippen LogP contribution is 2.33. The molecule has 2 aliphatic rings. The van der Waals surface area contributed by atoms with Crippen molar-refractivity contribution in [2.45, 2.75) is 0 Å². The van der Waals surface area contributed by atoms with Crippen LogP contribution in [0.4, 0.5) is 23.1 Å². The molecule has 29 heavy (non-hydrogen) atoms. The zero-order valence-corrected chi connectivity index (χ0v) is 16.1. The Bertz CT molecular complexity index is 974. The van der Waals surface area contributed by atoms with Gasteiger partial charge in [-0.3, -0.25) is 0 Å². The van der Waals surface area contributed by atoms with Crippen molar-refractivity contribution in [1.82, 2.24) is 9.97 Å². The maximum Gasteiger partial charge on any atom is 0.229 e. The molecule has 1 N–H and O–H groups in total. The van der Waals surface area contributed by atoms with Gasteiger partial charge in [0, 0.05) is 49.8 Å². The first-order valence-corrected chi connectivity index (χ1v) is 9.90. The number of nitrogens with one attached hydrogen (secondary N) is 1. The molecule has 0 spiro atoms. The normalized spacial score (nSPS) is 15.9. The van der Waals surface area contributed by atoms with Gasteiger partial charge in [0.1, 0.15) is 19.0 Å². The van der Waals surface area contributed by atoms with Gasteiger partial charge in [-0.25, -0.2) is 4.98 Å². The van der Waals surface area contributed by atoms with Crippen molar-refractivity contribution in [2.75, 3.05) is 54.5 Å². The van der Waals surface area contributed by atoms with E-state index in [9.17, 15) is 0 Å². The van der Waals surface area contributed by atoms with Crippen LogP contribution in [0.1, 0.15) is 0 Å². The van der Waals surface area contributed by atoms with Crippen molar-refractivity contribution in [1.29, 1.82) is 0 Å². The van der Waals surface area contributed by atoms with Gasteiger partial charge in [-0.05, 0) is 30.3 Å². The lowest BCUT2D eigenvalue weighted by Crippen LogP contribution is -2.46. The number of hydrogen-bond donors (Lipinski definition) is 1. The molecule has 0 unspecified atom stereocenters. The second-order valence-corrected chi connectivity index (χ2v) is 7.03. The smallest absolute Gasteiger partial charge is 0.229 e. The predicted molar refractivity (Wildman–Crippen MR) is 114 cm³/mol. The second-order valence-electron chi connectivity index (χ2n) is 7.03. The summed E-state index contributed by atoms with van der Waals surface area (Å²) >= 11 is 0. The summed E-state index contributed by atoms with van der Waals surface area (Å²) in [6.07, 6.45) is 1.80. The highest BCUT2D eigenvalue weighted by atomic mass is 16.6. The predicted octanol–water partition coefficient (Wildman–Crippen LogP) is 3.32. The molecule has 1 aromatic heterocycles. The van der Waals surface area contributed by atoms with Gasteiger partial charge in [0.25, 0.3) is 0 Å². The molecule has 0 amide bonds. The van der Waals surface area contributed by atoms with Gasteiger partial charge in [0.15, 0.2) is 11.5 Å². The Hall–Kier alpha value is -3.48. The highest BCUT2D eigenvalue weighted by molar-refractivity contribution is 5.61. The molecule has 0 saturated carbocycles. The number of piperazine rings is 1. The van der Waals surface area contributed by atoms with Crippen LogP contribution in [-0.4, -0.2) is 49.4 Å². The molecule has 2 aromatic carbocycles. The Kier molecular flexibility index (Phi) is 4.78. The maximum absolute atomic E-state index is 5.65. The molecular formula is C22H23N5O2. The van der Waals surface area contributed by atoms with Crippen LogP contribution in [0.15, 0.2) is 60.8 Å². The van der Waals surface area contributed by atoms with E-state index in [2.05, 4.69) is 50.4 Å². The van der Waals surface area contributed by atoms with Gasteiger partial charge in [-0.2, -0.15) is 4.98 Å². The minimum absolute atomic E-state index is 0.567. The molecule has 0 bridgehead atoms. The average molecular weight is 389 g/mol. The summed E-state index contributed by atoms with van der Waals surface area (Å²) in [4.78, 5) is 13.8. The quantitative estimate of drug-likeness (QED) is 0.734. The van der Waals surface area contributed by atoms with Crippen LogP contribution < -0.4 is 24.6 Å². The lowest BCUT2D eigenvalue weighted by Gasteiger charge is -2.36. The fourth-order valence-electron chi connectivity index (χ4n) is 3.67. The number of fused-ring (bicyclic) bond motifs is 1. The first-order chi connectivity index (χ1) is 14.3. The highest BCUT2D eigenvalue weighted by Gasteiger charge is 2.19. The maximum atomic E-state index is 5.65. The van der Waals surface area contributed by atoms with Crippen LogP contribution in [0.5, 0.6) is 11.5 Å². The molecule has 3 aromatic rings. The van der Waals surface area contributed by atoms with Crippen molar-refractivity contribution >= 4 is 23.1 Å². The molecule has 1 fully saturated rings. The molecule has 148 valence electrons. The van der Waals surface area contributed by atoms with Crippen molar-refractivity contribution in [3.63, 3.8) is 0 Å². The van der Waals surface area contributed by atoms with E-state index in [1.807, 2.05) is 24.3 Å². The fourth-order valence-corrected chi connectivity index (χ4v) is 3.67. The molecular weight excluding hydrogens is 366 g/mol. The number of para-hydroxylation sites is 1. The molecule has 3 heterocycles. The lowest BCUT2D eigenvalue weighted by molar-refractivity contribution is 0.171. The summed E-state index contributed by atoms with van der Waals surface area (Å²) in [5.41, 5.74) is 2.15. The van der Waals surface area contributed by atoms with Crippen molar-refractivity contribution < 1.29 is 9.47 Å². The molecule has 5 rings (SSSR count). The molecule has 7 heteroatoms. The zero-order chi connectivity index (χ0) is 19.5. The van der Waals surface area contributed by atoms with Crippen LogP contribution in [0.3, 0.4) is 0 Å². The van der Waals surface area contributed by atoms with E-state index in [-0.39, 0.29) is 0 Å². The largest absolute Gasteiger partial charge is 0.486 e. The summed E-state index contributed by atoms with van der Waals surface area (Å²) in [5, 5.41) is 3.27. The van der Waals surface area contributed by atoms with E-state index < -0.39 is 0 Å². The number of hydrogen-bond acceptors (Lipinski definition) is 7. The van der Waals surface area contributed by atoms with Crippen LogP contribution >= 0.6 is 0 Å². The van der Waals surface area contributed by atoms with E-state index in [0.29, 0.717) is 19.2 Å². The number of nitrogens with zero attached hydrogens (tertiary/aromatic N) is 4. The van der Waals surface area contributed by atoms with Gasteiger partial charge in [0.05, 0.1) is 0 Å². The van der Waals surface area contributed by atoms with Gasteiger partial charge in [-0.1, -0.05) is 18.2 Å².